The molecule has 1 unspecified atom stereocenters. The summed E-state index contributed by atoms with van der Waals surface area (Å²) in [7, 11) is 0. The molecule has 9 nitrogen and oxygen atoms in total. The number of carbonyl (C=O) groups excluding carboxylic acids is 1. The van der Waals surface area contributed by atoms with Crippen molar-refractivity contribution in [1.82, 2.24) is 24.7 Å². The molecule has 49 heavy (non-hydrogen) atoms. The molecule has 1 aliphatic heterocycles. The van der Waals surface area contributed by atoms with E-state index in [-0.39, 0.29) is 17.9 Å². The van der Waals surface area contributed by atoms with Crippen molar-refractivity contribution in [3.8, 4) is 11.3 Å². The van der Waals surface area contributed by atoms with E-state index in [0.717, 1.165) is 46.3 Å². The van der Waals surface area contributed by atoms with Crippen molar-refractivity contribution >= 4 is 28.9 Å². The minimum absolute atomic E-state index is 0.00846. The number of rotatable bonds is 10. The number of nitrogens with one attached hydrogen (secondary N) is 1. The molecule has 1 saturated heterocycles. The Morgan fingerprint density at radius 2 is 1.71 bits per heavy atom. The molecule has 2 N–H and O–H groups in total. The Labute approximate surface area is 291 Å². The van der Waals surface area contributed by atoms with Crippen molar-refractivity contribution in [2.45, 2.75) is 85.6 Å². The van der Waals surface area contributed by atoms with Gasteiger partial charge in [-0.05, 0) is 127 Å². The molecule has 1 atom stereocenters. The molecule has 0 saturated carbocycles. The van der Waals surface area contributed by atoms with Crippen molar-refractivity contribution in [1.29, 1.82) is 0 Å². The van der Waals surface area contributed by atoms with Crippen molar-refractivity contribution in [2.24, 2.45) is 4.99 Å². The molecule has 0 spiro atoms. The van der Waals surface area contributed by atoms with E-state index in [2.05, 4.69) is 88.9 Å². The first-order valence-electron chi connectivity index (χ1n) is 17.6. The highest BCUT2D eigenvalue weighted by molar-refractivity contribution is 5.94. The quantitative estimate of drug-likeness (QED) is 0.133. The summed E-state index contributed by atoms with van der Waals surface area (Å²) in [5, 5.41) is 11.0. The lowest BCUT2D eigenvalue weighted by Crippen LogP contribution is -2.48. The largest absolute Gasteiger partial charge is 0.463 e. The van der Waals surface area contributed by atoms with E-state index in [1.54, 1.807) is 0 Å². The van der Waals surface area contributed by atoms with E-state index in [9.17, 15) is 14.7 Å². The summed E-state index contributed by atoms with van der Waals surface area (Å²) in [6.07, 6.45) is 3.99. The van der Waals surface area contributed by atoms with Crippen LogP contribution >= 0.6 is 0 Å². The van der Waals surface area contributed by atoms with Crippen molar-refractivity contribution in [3.63, 3.8) is 0 Å². The van der Waals surface area contributed by atoms with Crippen LogP contribution in [0.3, 0.4) is 0 Å². The molecule has 260 valence electrons. The van der Waals surface area contributed by atoms with Crippen LogP contribution in [-0.4, -0.2) is 86.5 Å². The number of carboxylic acid groups (broad SMARTS) is 1. The van der Waals surface area contributed by atoms with Gasteiger partial charge in [0.1, 0.15) is 0 Å². The highest BCUT2D eigenvalue weighted by Gasteiger charge is 2.34. The van der Waals surface area contributed by atoms with Crippen LogP contribution in [0.4, 0.5) is 4.79 Å². The van der Waals surface area contributed by atoms with Gasteiger partial charge in [-0.25, -0.2) is 4.79 Å². The minimum Gasteiger partial charge on any atom is -0.463 e. The Kier molecular flexibility index (Phi) is 10.8. The topological polar surface area (TPSA) is 105 Å². The summed E-state index contributed by atoms with van der Waals surface area (Å²) in [6.45, 7) is 19.8. The van der Waals surface area contributed by atoms with E-state index in [0.29, 0.717) is 38.6 Å². The fourth-order valence-electron chi connectivity index (χ4n) is 7.36. The Hall–Kier alpha value is -4.66. The molecule has 0 bridgehead atoms. The van der Waals surface area contributed by atoms with Crippen LogP contribution in [0.1, 0.15) is 81.7 Å². The van der Waals surface area contributed by atoms with Gasteiger partial charge < -0.3 is 24.8 Å². The molecule has 4 aromatic rings. The van der Waals surface area contributed by atoms with Crippen LogP contribution in [0.2, 0.25) is 0 Å². The number of benzene rings is 2. The Bertz CT molecular complexity index is 1800. The molecule has 2 amide bonds. The maximum absolute atomic E-state index is 13.7. The van der Waals surface area contributed by atoms with Crippen LogP contribution in [0, 0.1) is 13.8 Å². The van der Waals surface area contributed by atoms with E-state index in [1.165, 1.54) is 16.7 Å². The molecule has 0 radical (unpaired) electrons. The van der Waals surface area contributed by atoms with Gasteiger partial charge in [0.25, 0.3) is 0 Å². The number of H-pyrrole nitrogens is 1. The average molecular weight is 665 g/mol. The Morgan fingerprint density at radius 1 is 1.04 bits per heavy atom. The van der Waals surface area contributed by atoms with E-state index in [1.807, 2.05) is 57.1 Å². The van der Waals surface area contributed by atoms with Crippen molar-refractivity contribution in [3.05, 3.63) is 88.7 Å². The summed E-state index contributed by atoms with van der Waals surface area (Å²) >= 11 is 0. The monoisotopic (exact) mass is 664 g/mol. The third kappa shape index (κ3) is 7.66. The van der Waals surface area contributed by atoms with Gasteiger partial charge in [-0.2, -0.15) is 0 Å². The summed E-state index contributed by atoms with van der Waals surface area (Å²) in [5.74, 6) is 0.889. The molecule has 1 fully saturated rings. The number of hydrogen-bond donors (Lipinski definition) is 2. The number of fused-ring (bicyclic) bond motifs is 1. The van der Waals surface area contributed by atoms with Crippen LogP contribution < -0.4 is 0 Å². The number of pyridine rings is 1. The molecule has 1 aliphatic rings. The zero-order valence-corrected chi connectivity index (χ0v) is 30.4. The summed E-state index contributed by atoms with van der Waals surface area (Å²) in [4.78, 5) is 44.1. The van der Waals surface area contributed by atoms with Crippen LogP contribution in [-0.2, 0) is 16.6 Å². The van der Waals surface area contributed by atoms with Crippen molar-refractivity contribution < 1.29 is 14.7 Å². The first-order valence-corrected chi connectivity index (χ1v) is 17.6. The second kappa shape index (κ2) is 14.8. The molecule has 2 aromatic heterocycles. The third-order valence-electron chi connectivity index (χ3n) is 10.1. The van der Waals surface area contributed by atoms with Gasteiger partial charge in [0.05, 0.1) is 5.41 Å². The van der Waals surface area contributed by atoms with Gasteiger partial charge in [-0.1, -0.05) is 23.3 Å². The molecule has 5 rings (SSSR count). The van der Waals surface area contributed by atoms with Gasteiger partial charge in [0, 0.05) is 73.7 Å². The summed E-state index contributed by atoms with van der Waals surface area (Å²) in [5.41, 5.74) is 8.15. The first kappa shape index (κ1) is 35.6. The third-order valence-corrected chi connectivity index (χ3v) is 10.1. The van der Waals surface area contributed by atoms with E-state index >= 15 is 0 Å². The second-order valence-electron chi connectivity index (χ2n) is 14.2. The standard InChI is InChI=1S/C40H52N6O3/c1-9-44(10-2)37(47)40(7,8)32-11-12-35-34(24-32)33(36(42-35)31-22-27(5)21-28(6)23-31)16-20-46(26(3)4)38(43-39(48)49)45-19-15-30(25-45)29-13-17-41-18-14-29/h11-14,17-18,21-24,26,30,42H,9-10,15-16,19-20,25H2,1-8H3,(H,48,49). The van der Waals surface area contributed by atoms with E-state index in [4.69, 9.17) is 0 Å². The number of aromatic amines is 1. The molecule has 0 aliphatic carbocycles. The zero-order valence-electron chi connectivity index (χ0n) is 30.4. The number of hydrogen-bond acceptors (Lipinski definition) is 3. The number of nitrogens with zero attached hydrogens (tertiary/aromatic N) is 5. The Balaban J connectivity index is 1.55. The van der Waals surface area contributed by atoms with Gasteiger partial charge in [0.15, 0.2) is 0 Å². The number of aryl methyl sites for hydroxylation is 2. The number of aromatic nitrogens is 2. The Morgan fingerprint density at radius 3 is 2.33 bits per heavy atom. The highest BCUT2D eigenvalue weighted by Crippen LogP contribution is 2.36. The smallest absolute Gasteiger partial charge is 0.434 e. The van der Waals surface area contributed by atoms with Gasteiger partial charge in [0.2, 0.25) is 11.9 Å². The molecular weight excluding hydrogens is 612 g/mol. The highest BCUT2D eigenvalue weighted by atomic mass is 16.4. The minimum atomic E-state index is -1.19. The molecule has 3 heterocycles. The molecule has 2 aromatic carbocycles. The van der Waals surface area contributed by atoms with Gasteiger partial charge in [-0.3, -0.25) is 9.78 Å². The fraction of sp³-hybridized carbons (Fsp3) is 0.450. The first-order chi connectivity index (χ1) is 23.3. The number of carbonyl (C=O) groups is 2. The number of aliphatic imine (C=N–C) groups is 1. The average Bonchev–Trinajstić information content (AvgIpc) is 3.70. The predicted molar refractivity (Wildman–Crippen MR) is 198 cm³/mol. The predicted octanol–water partition coefficient (Wildman–Crippen LogP) is 7.77. The van der Waals surface area contributed by atoms with Crippen LogP contribution in [0.5, 0.6) is 0 Å². The molecular formula is C40H52N6O3. The number of amides is 2. The zero-order chi connectivity index (χ0) is 35.5. The van der Waals surface area contributed by atoms with Crippen LogP contribution in [0.25, 0.3) is 22.2 Å². The number of likely N-dealkylation sites (tertiary alicyclic amines) is 1. The summed E-state index contributed by atoms with van der Waals surface area (Å²) < 4.78 is 0. The maximum atomic E-state index is 13.7. The van der Waals surface area contributed by atoms with Gasteiger partial charge >= 0.3 is 6.09 Å². The van der Waals surface area contributed by atoms with Crippen molar-refractivity contribution in [2.75, 3.05) is 32.7 Å². The lowest BCUT2D eigenvalue weighted by atomic mass is 9.82. The lowest BCUT2D eigenvalue weighted by molar-refractivity contribution is -0.135. The lowest BCUT2D eigenvalue weighted by Gasteiger charge is -2.35. The van der Waals surface area contributed by atoms with Gasteiger partial charge in [-0.15, -0.1) is 4.99 Å². The second-order valence-corrected chi connectivity index (χ2v) is 14.2. The SMILES string of the molecule is CCN(CC)C(=O)C(C)(C)c1ccc2[nH]c(-c3cc(C)cc(C)c3)c(CCN(C(=NC(=O)O)N3CCC(c4ccncc4)C3)C(C)C)c2c1. The normalized spacial score (nSPS) is 15.3. The number of likely N-dealkylation sites (N-methyl/N-ethyl adjacent to an activating group) is 1. The fourth-order valence-corrected chi connectivity index (χ4v) is 7.36. The maximum Gasteiger partial charge on any atom is 0.434 e. The molecule has 9 heteroatoms. The van der Waals surface area contributed by atoms with Crippen LogP contribution in [0.15, 0.2) is 65.9 Å². The van der Waals surface area contributed by atoms with E-state index < -0.39 is 11.5 Å². The number of guanidine groups is 1. The summed E-state index contributed by atoms with van der Waals surface area (Å²) in [6, 6.07) is 17.0.